The average molecular weight is 557 g/mol. The molecular weight excluding hydrogens is 496 g/mol. The van der Waals surface area contributed by atoms with Gasteiger partial charge in [-0.05, 0) is 25.7 Å². The van der Waals surface area contributed by atoms with Crippen molar-refractivity contribution in [3.63, 3.8) is 0 Å². The summed E-state index contributed by atoms with van der Waals surface area (Å²) in [6.45, 7) is 4.44. The van der Waals surface area contributed by atoms with E-state index in [9.17, 15) is 24.6 Å². The number of hydrogen-bond acceptors (Lipinski definition) is 5. The molecule has 0 aliphatic heterocycles. The molecule has 0 aromatic rings. The minimum Gasteiger partial charge on any atom is -0.481 e. The van der Waals surface area contributed by atoms with Gasteiger partial charge in [-0.2, -0.15) is 0 Å². The molecule has 0 aromatic heterocycles. The molecule has 0 bridgehead atoms. The number of carboxylic acids is 2. The largest absolute Gasteiger partial charge is 0.481 e. The third-order valence-electron chi connectivity index (χ3n) is 7.59. The highest BCUT2D eigenvalue weighted by atomic mass is 16.5. The number of unbranched alkanes of at least 4 members (excludes halogenated alkanes) is 19. The first kappa shape index (κ1) is 37.4. The normalized spacial score (nSPS) is 13.6. The topological polar surface area (TPSA) is 121 Å². The van der Waals surface area contributed by atoms with Gasteiger partial charge < -0.3 is 20.1 Å². The zero-order valence-electron chi connectivity index (χ0n) is 25.2. The van der Waals surface area contributed by atoms with E-state index in [1.54, 1.807) is 0 Å². The molecule has 0 saturated heterocycles. The second-order valence-electron chi connectivity index (χ2n) is 11.5. The smallest absolute Gasteiger partial charge is 0.336 e. The first-order valence-corrected chi connectivity index (χ1v) is 16.1. The van der Waals surface area contributed by atoms with Crippen LogP contribution in [-0.2, 0) is 19.1 Å². The number of carboxylic acid groups (broad SMARTS) is 2. The number of esters is 1. The summed E-state index contributed by atoms with van der Waals surface area (Å²) in [5.74, 6) is -4.05. The van der Waals surface area contributed by atoms with Crippen LogP contribution in [0.4, 0.5) is 0 Å². The van der Waals surface area contributed by atoms with Gasteiger partial charge >= 0.3 is 17.9 Å². The Balaban J connectivity index is 4.33. The number of aliphatic hydroxyl groups is 1. The zero-order valence-corrected chi connectivity index (χ0v) is 25.2. The predicted molar refractivity (Wildman–Crippen MR) is 157 cm³/mol. The zero-order chi connectivity index (χ0) is 29.2. The maximum atomic E-state index is 12.5. The molecule has 7 heteroatoms. The Labute approximate surface area is 238 Å². The van der Waals surface area contributed by atoms with Crippen molar-refractivity contribution in [2.24, 2.45) is 0 Å². The van der Waals surface area contributed by atoms with Gasteiger partial charge in [0.15, 0.2) is 5.60 Å². The van der Waals surface area contributed by atoms with Crippen molar-refractivity contribution >= 4 is 17.9 Å². The lowest BCUT2D eigenvalue weighted by Crippen LogP contribution is -2.43. The molecule has 230 valence electrons. The summed E-state index contributed by atoms with van der Waals surface area (Å²) < 4.78 is 5.58. The highest BCUT2D eigenvalue weighted by molar-refractivity contribution is 5.88. The van der Waals surface area contributed by atoms with Crippen LogP contribution < -0.4 is 0 Å². The number of aliphatic carboxylic acids is 2. The van der Waals surface area contributed by atoms with Crippen molar-refractivity contribution in [2.45, 2.75) is 186 Å². The number of carbonyl (C=O) groups is 3. The fourth-order valence-electron chi connectivity index (χ4n) is 5.09. The number of carbonyl (C=O) groups excluding carboxylic acids is 1. The van der Waals surface area contributed by atoms with Crippen LogP contribution in [-0.4, -0.2) is 44.9 Å². The molecule has 3 N–H and O–H groups in total. The van der Waals surface area contributed by atoms with Gasteiger partial charge in [0.25, 0.3) is 0 Å². The van der Waals surface area contributed by atoms with Gasteiger partial charge in [0.1, 0.15) is 6.10 Å². The van der Waals surface area contributed by atoms with Gasteiger partial charge in [-0.3, -0.25) is 9.59 Å². The highest BCUT2D eigenvalue weighted by Crippen LogP contribution is 2.22. The van der Waals surface area contributed by atoms with Crippen LogP contribution >= 0.6 is 0 Å². The second-order valence-corrected chi connectivity index (χ2v) is 11.5. The maximum Gasteiger partial charge on any atom is 0.336 e. The lowest BCUT2D eigenvalue weighted by molar-refractivity contribution is -0.173. The van der Waals surface area contributed by atoms with E-state index in [1.807, 2.05) is 0 Å². The van der Waals surface area contributed by atoms with E-state index < -0.39 is 36.4 Å². The van der Waals surface area contributed by atoms with Crippen molar-refractivity contribution in [1.82, 2.24) is 0 Å². The fourth-order valence-corrected chi connectivity index (χ4v) is 5.09. The SMILES string of the molecule is CCCCCCCCCCCCCCCCC(CCCCCCCCC)OC(=O)CC(O)(CC(=O)O)C(=O)O. The summed E-state index contributed by atoms with van der Waals surface area (Å²) in [6.07, 6.45) is 25.0. The van der Waals surface area contributed by atoms with Crippen LogP contribution in [0.5, 0.6) is 0 Å². The van der Waals surface area contributed by atoms with Gasteiger partial charge in [-0.15, -0.1) is 0 Å². The van der Waals surface area contributed by atoms with Crippen molar-refractivity contribution in [2.75, 3.05) is 0 Å². The van der Waals surface area contributed by atoms with Crippen LogP contribution in [0.3, 0.4) is 0 Å². The summed E-state index contributed by atoms with van der Waals surface area (Å²) >= 11 is 0. The molecule has 7 nitrogen and oxygen atoms in total. The van der Waals surface area contributed by atoms with E-state index in [4.69, 9.17) is 9.84 Å². The fraction of sp³-hybridized carbons (Fsp3) is 0.906. The van der Waals surface area contributed by atoms with Crippen molar-refractivity contribution in [3.05, 3.63) is 0 Å². The molecule has 0 rings (SSSR count). The Hall–Kier alpha value is -1.63. The molecule has 0 fully saturated rings. The van der Waals surface area contributed by atoms with E-state index in [-0.39, 0.29) is 6.10 Å². The van der Waals surface area contributed by atoms with Crippen molar-refractivity contribution < 1.29 is 34.4 Å². The van der Waals surface area contributed by atoms with Crippen LogP contribution in [0, 0.1) is 0 Å². The quantitative estimate of drug-likeness (QED) is 0.0623. The van der Waals surface area contributed by atoms with Crippen molar-refractivity contribution in [1.29, 1.82) is 0 Å². The molecule has 0 amide bonds. The van der Waals surface area contributed by atoms with Gasteiger partial charge in [-0.25, -0.2) is 4.79 Å². The van der Waals surface area contributed by atoms with Crippen LogP contribution in [0.25, 0.3) is 0 Å². The molecular formula is C32H60O7. The highest BCUT2D eigenvalue weighted by Gasteiger charge is 2.41. The summed E-state index contributed by atoms with van der Waals surface area (Å²) in [4.78, 5) is 34.8. The van der Waals surface area contributed by atoms with Gasteiger partial charge in [0.05, 0.1) is 12.8 Å². The Morgan fingerprint density at radius 2 is 0.897 bits per heavy atom. The summed E-state index contributed by atoms with van der Waals surface area (Å²) in [5, 5.41) is 28.4. The molecule has 2 unspecified atom stereocenters. The predicted octanol–water partition coefficient (Wildman–Crippen LogP) is 8.59. The third kappa shape index (κ3) is 22.8. The van der Waals surface area contributed by atoms with Gasteiger partial charge in [0.2, 0.25) is 0 Å². The van der Waals surface area contributed by atoms with E-state index in [1.165, 1.54) is 96.3 Å². The molecule has 0 aliphatic rings. The molecule has 39 heavy (non-hydrogen) atoms. The Kier molecular flexibility index (Phi) is 24.3. The number of hydrogen-bond donors (Lipinski definition) is 3. The average Bonchev–Trinajstić information content (AvgIpc) is 2.87. The molecule has 0 radical (unpaired) electrons. The lowest BCUT2D eigenvalue weighted by Gasteiger charge is -2.23. The number of ether oxygens (including phenoxy) is 1. The molecule has 2 atom stereocenters. The van der Waals surface area contributed by atoms with Gasteiger partial charge in [-0.1, -0.05) is 136 Å². The Bertz CT molecular complexity index is 622. The van der Waals surface area contributed by atoms with Crippen LogP contribution in [0.1, 0.15) is 174 Å². The summed E-state index contributed by atoms with van der Waals surface area (Å²) in [6, 6.07) is 0. The van der Waals surface area contributed by atoms with Gasteiger partial charge in [0, 0.05) is 0 Å². The maximum absolute atomic E-state index is 12.5. The van der Waals surface area contributed by atoms with Crippen molar-refractivity contribution in [3.8, 4) is 0 Å². The van der Waals surface area contributed by atoms with Crippen LogP contribution in [0.15, 0.2) is 0 Å². The number of rotatable bonds is 29. The Morgan fingerprint density at radius 1 is 0.564 bits per heavy atom. The molecule has 0 aliphatic carbocycles. The Morgan fingerprint density at radius 3 is 1.21 bits per heavy atom. The second kappa shape index (κ2) is 25.3. The summed E-state index contributed by atoms with van der Waals surface area (Å²) in [5.41, 5.74) is -2.65. The minimum atomic E-state index is -2.65. The molecule has 0 spiro atoms. The van der Waals surface area contributed by atoms with E-state index in [0.717, 1.165) is 38.5 Å². The monoisotopic (exact) mass is 556 g/mol. The summed E-state index contributed by atoms with van der Waals surface area (Å²) in [7, 11) is 0. The molecule has 0 heterocycles. The van der Waals surface area contributed by atoms with Crippen LogP contribution in [0.2, 0.25) is 0 Å². The van der Waals surface area contributed by atoms with E-state index in [2.05, 4.69) is 13.8 Å². The van der Waals surface area contributed by atoms with E-state index >= 15 is 0 Å². The standard InChI is InChI=1S/C32H60O7/c1-3-5-7-9-11-12-13-14-15-16-17-19-21-23-25-28(24-22-20-18-10-8-6-4-2)39-30(35)27-32(38,31(36)37)26-29(33)34/h28,38H,3-27H2,1-2H3,(H,33,34)(H,36,37). The third-order valence-corrected chi connectivity index (χ3v) is 7.59. The minimum absolute atomic E-state index is 0.326. The molecule has 0 aromatic carbocycles. The first-order chi connectivity index (χ1) is 18.7. The lowest BCUT2D eigenvalue weighted by atomic mass is 9.95. The molecule has 0 saturated carbocycles. The van der Waals surface area contributed by atoms with E-state index in [0.29, 0.717) is 12.8 Å². The first-order valence-electron chi connectivity index (χ1n) is 16.1.